The Morgan fingerprint density at radius 2 is 1.66 bits per heavy atom. The molecule has 0 aliphatic carbocycles. The van der Waals surface area contributed by atoms with E-state index < -0.39 is 11.7 Å². The Morgan fingerprint density at radius 3 is 2.31 bits per heavy atom. The maximum absolute atomic E-state index is 11.6. The number of carbonyl (C=O) groups excluding carboxylic acids is 1. The number of rotatable bonds is 14. The van der Waals surface area contributed by atoms with Crippen LogP contribution >= 0.6 is 23.4 Å². The second-order valence-corrected chi connectivity index (χ2v) is 9.29. The maximum Gasteiger partial charge on any atom is 0.407 e. The number of hydrogen-bond donors (Lipinski definition) is 2. The van der Waals surface area contributed by atoms with Crippen LogP contribution in [0.25, 0.3) is 0 Å². The monoisotopic (exact) mass is 445 g/mol. The Bertz CT molecular complexity index is 599. The van der Waals surface area contributed by atoms with E-state index in [1.807, 2.05) is 20.8 Å². The summed E-state index contributed by atoms with van der Waals surface area (Å²) in [6.45, 7) is 8.56. The zero-order chi connectivity index (χ0) is 21.5. The Morgan fingerprint density at radius 1 is 1.00 bits per heavy atom. The Balaban J connectivity index is 2.22. The molecule has 29 heavy (non-hydrogen) atoms. The third-order valence-electron chi connectivity index (χ3n) is 3.89. The number of ether oxygens (including phenoxy) is 1. The van der Waals surface area contributed by atoms with E-state index >= 15 is 0 Å². The highest BCUT2D eigenvalue weighted by Gasteiger charge is 2.15. The molecule has 0 aliphatic heterocycles. The van der Waals surface area contributed by atoms with E-state index in [0.29, 0.717) is 24.2 Å². The normalized spacial score (nSPS) is 11.3. The van der Waals surface area contributed by atoms with Gasteiger partial charge in [-0.2, -0.15) is 15.0 Å². The standard InChI is InChI=1S/C20H36ClN5O2S/c1-5-6-7-8-9-10-11-12-15-29-18-25-16(21)24-17(26-18)22-13-14-23-19(27)28-20(2,3)4/h5-15H2,1-4H3,(H,23,27)(H,22,24,25,26). The fourth-order valence-corrected chi connectivity index (χ4v) is 3.57. The van der Waals surface area contributed by atoms with Gasteiger partial charge in [0.05, 0.1) is 0 Å². The molecule has 1 amide bonds. The molecule has 2 N–H and O–H groups in total. The molecule has 0 bridgehead atoms. The van der Waals surface area contributed by atoms with Crippen LogP contribution in [0.1, 0.15) is 79.1 Å². The van der Waals surface area contributed by atoms with Gasteiger partial charge in [0.1, 0.15) is 5.60 Å². The summed E-state index contributed by atoms with van der Waals surface area (Å²) in [4.78, 5) is 24.2. The number of carbonyl (C=O) groups is 1. The summed E-state index contributed by atoms with van der Waals surface area (Å²) in [5, 5.41) is 6.51. The van der Waals surface area contributed by atoms with Crippen molar-refractivity contribution in [1.29, 1.82) is 0 Å². The topological polar surface area (TPSA) is 89.0 Å². The maximum atomic E-state index is 11.6. The summed E-state index contributed by atoms with van der Waals surface area (Å²) in [6.07, 6.45) is 9.90. The van der Waals surface area contributed by atoms with E-state index in [1.165, 1.54) is 44.9 Å². The molecule has 0 saturated carbocycles. The van der Waals surface area contributed by atoms with Gasteiger partial charge in [-0.1, -0.05) is 63.6 Å². The molecule has 0 aliphatic rings. The Hall–Kier alpha value is -1.28. The number of amides is 1. The molecule has 0 radical (unpaired) electrons. The number of alkyl carbamates (subject to hydrolysis) is 1. The second-order valence-electron chi connectivity index (χ2n) is 7.89. The first-order valence-corrected chi connectivity index (χ1v) is 11.9. The molecule has 0 saturated heterocycles. The van der Waals surface area contributed by atoms with Crippen molar-refractivity contribution in [2.24, 2.45) is 0 Å². The van der Waals surface area contributed by atoms with Gasteiger partial charge < -0.3 is 15.4 Å². The molecule has 0 spiro atoms. The van der Waals surface area contributed by atoms with E-state index in [9.17, 15) is 4.79 Å². The van der Waals surface area contributed by atoms with Crippen molar-refractivity contribution >= 4 is 35.4 Å². The zero-order valence-corrected chi connectivity index (χ0v) is 19.8. The van der Waals surface area contributed by atoms with E-state index in [-0.39, 0.29) is 5.28 Å². The highest BCUT2D eigenvalue weighted by atomic mass is 35.5. The Kier molecular flexibility index (Phi) is 13.0. The first kappa shape index (κ1) is 25.8. The van der Waals surface area contributed by atoms with Crippen molar-refractivity contribution in [3.8, 4) is 0 Å². The molecular formula is C20H36ClN5O2S. The molecule has 9 heteroatoms. The number of anilines is 1. The highest BCUT2D eigenvalue weighted by Crippen LogP contribution is 2.19. The number of nitrogens with zero attached hydrogens (tertiary/aromatic N) is 3. The van der Waals surface area contributed by atoms with Crippen LogP contribution in [0, 0.1) is 0 Å². The van der Waals surface area contributed by atoms with Gasteiger partial charge in [-0.25, -0.2) is 4.79 Å². The smallest absolute Gasteiger partial charge is 0.407 e. The molecule has 1 rings (SSSR count). The van der Waals surface area contributed by atoms with Crippen LogP contribution in [0.3, 0.4) is 0 Å². The minimum atomic E-state index is -0.513. The van der Waals surface area contributed by atoms with Gasteiger partial charge >= 0.3 is 6.09 Å². The summed E-state index contributed by atoms with van der Waals surface area (Å²) < 4.78 is 5.18. The van der Waals surface area contributed by atoms with Gasteiger partial charge in [0.25, 0.3) is 0 Å². The average molecular weight is 446 g/mol. The highest BCUT2D eigenvalue weighted by molar-refractivity contribution is 7.99. The molecule has 7 nitrogen and oxygen atoms in total. The van der Waals surface area contributed by atoms with Crippen molar-refractivity contribution in [3.63, 3.8) is 0 Å². The van der Waals surface area contributed by atoms with E-state index in [4.69, 9.17) is 16.3 Å². The van der Waals surface area contributed by atoms with Gasteiger partial charge in [0.15, 0.2) is 5.16 Å². The number of thioether (sulfide) groups is 1. The summed E-state index contributed by atoms with van der Waals surface area (Å²) in [6, 6.07) is 0. The molecular weight excluding hydrogens is 410 g/mol. The van der Waals surface area contributed by atoms with Crippen LogP contribution in [0.4, 0.5) is 10.7 Å². The predicted molar refractivity (Wildman–Crippen MR) is 121 cm³/mol. The fraction of sp³-hybridized carbons (Fsp3) is 0.800. The van der Waals surface area contributed by atoms with Crippen LogP contribution < -0.4 is 10.6 Å². The van der Waals surface area contributed by atoms with Crippen molar-refractivity contribution in [3.05, 3.63) is 5.28 Å². The molecule has 0 unspecified atom stereocenters. The lowest BCUT2D eigenvalue weighted by atomic mass is 10.1. The van der Waals surface area contributed by atoms with E-state index in [0.717, 1.165) is 12.2 Å². The lowest BCUT2D eigenvalue weighted by Crippen LogP contribution is -2.35. The summed E-state index contributed by atoms with van der Waals surface area (Å²) >= 11 is 7.60. The van der Waals surface area contributed by atoms with Crippen molar-refractivity contribution < 1.29 is 9.53 Å². The molecule has 0 fully saturated rings. The SMILES string of the molecule is CCCCCCCCCCSc1nc(Cl)nc(NCCNC(=O)OC(C)(C)C)n1. The molecule has 1 aromatic heterocycles. The van der Waals surface area contributed by atoms with Gasteiger partial charge in [-0.05, 0) is 38.8 Å². The first-order chi connectivity index (χ1) is 13.8. The van der Waals surface area contributed by atoms with Crippen molar-refractivity contribution in [2.45, 2.75) is 89.8 Å². The van der Waals surface area contributed by atoms with Gasteiger partial charge in [-0.15, -0.1) is 0 Å². The van der Waals surface area contributed by atoms with Crippen LogP contribution in [0.5, 0.6) is 0 Å². The van der Waals surface area contributed by atoms with Crippen LogP contribution in [-0.2, 0) is 4.74 Å². The summed E-state index contributed by atoms with van der Waals surface area (Å²) in [7, 11) is 0. The van der Waals surface area contributed by atoms with Crippen LogP contribution in [-0.4, -0.2) is 45.5 Å². The first-order valence-electron chi connectivity index (χ1n) is 10.6. The summed E-state index contributed by atoms with van der Waals surface area (Å²) in [5.74, 6) is 1.38. The largest absolute Gasteiger partial charge is 0.444 e. The van der Waals surface area contributed by atoms with E-state index in [1.54, 1.807) is 11.8 Å². The fourth-order valence-electron chi connectivity index (χ4n) is 2.53. The molecule has 1 aromatic rings. The predicted octanol–water partition coefficient (Wildman–Crippen LogP) is 5.69. The van der Waals surface area contributed by atoms with Gasteiger partial charge in [0.2, 0.25) is 11.2 Å². The zero-order valence-electron chi connectivity index (χ0n) is 18.2. The van der Waals surface area contributed by atoms with Gasteiger partial charge in [0, 0.05) is 18.8 Å². The minimum Gasteiger partial charge on any atom is -0.444 e. The van der Waals surface area contributed by atoms with E-state index in [2.05, 4.69) is 32.5 Å². The van der Waals surface area contributed by atoms with Crippen LogP contribution in [0.15, 0.2) is 5.16 Å². The lowest BCUT2D eigenvalue weighted by Gasteiger charge is -2.19. The van der Waals surface area contributed by atoms with Crippen LogP contribution in [0.2, 0.25) is 5.28 Å². The van der Waals surface area contributed by atoms with Crippen molar-refractivity contribution in [2.75, 3.05) is 24.2 Å². The number of halogens is 1. The quantitative estimate of drug-likeness (QED) is 0.280. The minimum absolute atomic E-state index is 0.168. The molecule has 1 heterocycles. The number of aromatic nitrogens is 3. The third kappa shape index (κ3) is 14.4. The molecule has 0 aromatic carbocycles. The number of unbranched alkanes of at least 4 members (excludes halogenated alkanes) is 7. The summed E-state index contributed by atoms with van der Waals surface area (Å²) in [5.41, 5.74) is -0.513. The molecule has 166 valence electrons. The second kappa shape index (κ2) is 14.7. The molecule has 0 atom stereocenters. The lowest BCUT2D eigenvalue weighted by molar-refractivity contribution is 0.0530. The third-order valence-corrected chi connectivity index (χ3v) is 5.00. The average Bonchev–Trinajstić information content (AvgIpc) is 2.62. The number of hydrogen-bond acceptors (Lipinski definition) is 7. The van der Waals surface area contributed by atoms with Crippen molar-refractivity contribution in [1.82, 2.24) is 20.3 Å². The van der Waals surface area contributed by atoms with Gasteiger partial charge in [-0.3, -0.25) is 0 Å². The number of nitrogens with one attached hydrogen (secondary N) is 2. The Labute approximate surface area is 184 Å².